The van der Waals surface area contributed by atoms with Crippen LogP contribution in [0, 0.1) is 5.92 Å². The van der Waals surface area contributed by atoms with Crippen molar-refractivity contribution in [2.75, 3.05) is 0 Å². The van der Waals surface area contributed by atoms with E-state index in [1.807, 2.05) is 6.07 Å². The molecular formula is C12H16NO+. The molecule has 1 aliphatic rings. The second-order valence-corrected chi connectivity index (χ2v) is 4.08. The Morgan fingerprint density at radius 1 is 1.29 bits per heavy atom. The van der Waals surface area contributed by atoms with Gasteiger partial charge in [-0.25, -0.2) is 0 Å². The van der Waals surface area contributed by atoms with Crippen LogP contribution in [0.15, 0.2) is 24.3 Å². The Morgan fingerprint density at radius 2 is 2.00 bits per heavy atom. The summed E-state index contributed by atoms with van der Waals surface area (Å²) in [6.45, 7) is 4.37. The van der Waals surface area contributed by atoms with E-state index in [2.05, 4.69) is 31.7 Å². The van der Waals surface area contributed by atoms with Crippen LogP contribution in [0.3, 0.4) is 0 Å². The van der Waals surface area contributed by atoms with Gasteiger partial charge in [-0.15, -0.1) is 0 Å². The van der Waals surface area contributed by atoms with Crippen molar-refractivity contribution in [2.24, 2.45) is 5.92 Å². The van der Waals surface area contributed by atoms with Crippen molar-refractivity contribution < 1.29 is 10.8 Å². The first kappa shape index (κ1) is 9.28. The summed E-state index contributed by atoms with van der Waals surface area (Å²) >= 11 is 0. The third-order valence-electron chi connectivity index (χ3n) is 3.14. The summed E-state index contributed by atoms with van der Waals surface area (Å²) in [6.07, 6.45) is 2.13. The highest BCUT2D eigenvalue weighted by Gasteiger charge is 2.26. The summed E-state index contributed by atoms with van der Waals surface area (Å²) in [5, 5.41) is 9.75. The summed E-state index contributed by atoms with van der Waals surface area (Å²) in [6, 6.07) is 5.70. The van der Waals surface area contributed by atoms with Crippen LogP contribution in [-0.4, -0.2) is 5.11 Å². The number of allylic oxidation sites excluding steroid dienone is 1. The van der Waals surface area contributed by atoms with E-state index < -0.39 is 0 Å². The van der Waals surface area contributed by atoms with Crippen LogP contribution in [0.1, 0.15) is 30.9 Å². The van der Waals surface area contributed by atoms with E-state index >= 15 is 0 Å². The summed E-state index contributed by atoms with van der Waals surface area (Å²) in [7, 11) is 0. The minimum atomic E-state index is 0.350. The van der Waals surface area contributed by atoms with Gasteiger partial charge in [-0.1, -0.05) is 26.0 Å². The fourth-order valence-corrected chi connectivity index (χ4v) is 2.12. The number of fused-ring (bicyclic) bond motifs is 1. The van der Waals surface area contributed by atoms with Gasteiger partial charge in [-0.2, -0.15) is 0 Å². The van der Waals surface area contributed by atoms with Crippen molar-refractivity contribution in [1.29, 1.82) is 0 Å². The molecule has 0 saturated carbocycles. The Kier molecular flexibility index (Phi) is 2.08. The lowest BCUT2D eigenvalue weighted by atomic mass is 9.80. The van der Waals surface area contributed by atoms with Gasteiger partial charge in [0.2, 0.25) is 0 Å². The maximum absolute atomic E-state index is 9.75. The SMILES string of the molecule is CC1C=C([NH3+])c2c(O)cccc2C1C. The van der Waals surface area contributed by atoms with Crippen LogP contribution in [-0.2, 0) is 0 Å². The normalized spacial score (nSPS) is 25.5. The van der Waals surface area contributed by atoms with E-state index in [9.17, 15) is 5.11 Å². The third-order valence-corrected chi connectivity index (χ3v) is 3.14. The number of aromatic hydroxyl groups is 1. The first-order valence-electron chi connectivity index (χ1n) is 4.97. The van der Waals surface area contributed by atoms with Gasteiger partial charge in [0, 0.05) is 0 Å². The van der Waals surface area contributed by atoms with Gasteiger partial charge in [0.1, 0.15) is 11.4 Å². The molecule has 0 aromatic heterocycles. The largest absolute Gasteiger partial charge is 0.507 e. The fourth-order valence-electron chi connectivity index (χ4n) is 2.12. The molecule has 2 atom stereocenters. The molecule has 1 aromatic rings. The molecule has 4 N–H and O–H groups in total. The molecule has 0 heterocycles. The maximum atomic E-state index is 9.75. The molecule has 2 nitrogen and oxygen atoms in total. The maximum Gasteiger partial charge on any atom is 0.135 e. The Morgan fingerprint density at radius 3 is 2.71 bits per heavy atom. The van der Waals surface area contributed by atoms with Gasteiger partial charge < -0.3 is 10.8 Å². The molecule has 74 valence electrons. The first-order valence-corrected chi connectivity index (χ1v) is 4.97. The molecule has 0 spiro atoms. The number of rotatable bonds is 0. The molecule has 2 rings (SSSR count). The molecule has 2 heteroatoms. The van der Waals surface area contributed by atoms with Crippen molar-refractivity contribution in [3.63, 3.8) is 0 Å². The molecule has 0 amide bonds. The lowest BCUT2D eigenvalue weighted by molar-refractivity contribution is -0.245. The number of quaternary nitrogens is 1. The predicted molar refractivity (Wildman–Crippen MR) is 56.6 cm³/mol. The topological polar surface area (TPSA) is 47.9 Å². The van der Waals surface area contributed by atoms with E-state index in [1.165, 1.54) is 5.56 Å². The summed E-state index contributed by atoms with van der Waals surface area (Å²) in [5.74, 6) is 1.31. The molecule has 14 heavy (non-hydrogen) atoms. The van der Waals surface area contributed by atoms with Gasteiger partial charge in [-0.05, 0) is 29.5 Å². The van der Waals surface area contributed by atoms with Gasteiger partial charge in [-0.3, -0.25) is 0 Å². The number of phenolic OH excluding ortho intramolecular Hbond substituents is 1. The predicted octanol–water partition coefficient (Wildman–Crippen LogP) is 1.73. The summed E-state index contributed by atoms with van der Waals surface area (Å²) in [4.78, 5) is 0. The molecule has 1 aromatic carbocycles. The standard InChI is InChI=1S/C12H15NO/c1-7-6-10(13)12-9(8(7)2)4-3-5-11(12)14/h3-8,14H,13H2,1-2H3/p+1. The van der Waals surface area contributed by atoms with E-state index in [1.54, 1.807) is 6.07 Å². The third kappa shape index (κ3) is 1.23. The van der Waals surface area contributed by atoms with E-state index in [0.29, 0.717) is 17.6 Å². The second-order valence-electron chi connectivity index (χ2n) is 4.08. The lowest BCUT2D eigenvalue weighted by Crippen LogP contribution is -2.47. The number of benzene rings is 1. The molecule has 0 aliphatic heterocycles. The highest BCUT2D eigenvalue weighted by atomic mass is 16.3. The van der Waals surface area contributed by atoms with Crippen LogP contribution < -0.4 is 5.73 Å². The van der Waals surface area contributed by atoms with Crippen LogP contribution in [0.5, 0.6) is 5.75 Å². The van der Waals surface area contributed by atoms with Crippen molar-refractivity contribution in [1.82, 2.24) is 0 Å². The highest BCUT2D eigenvalue weighted by molar-refractivity contribution is 5.69. The van der Waals surface area contributed by atoms with Crippen molar-refractivity contribution in [3.8, 4) is 5.75 Å². The Hall–Kier alpha value is -1.28. The van der Waals surface area contributed by atoms with Crippen molar-refractivity contribution in [2.45, 2.75) is 19.8 Å². The smallest absolute Gasteiger partial charge is 0.135 e. The molecule has 0 radical (unpaired) electrons. The van der Waals surface area contributed by atoms with E-state index in [-0.39, 0.29) is 0 Å². The number of phenols is 1. The fraction of sp³-hybridized carbons (Fsp3) is 0.333. The van der Waals surface area contributed by atoms with Crippen LogP contribution in [0.2, 0.25) is 0 Å². The molecule has 1 aliphatic carbocycles. The van der Waals surface area contributed by atoms with Gasteiger partial charge in [0.15, 0.2) is 0 Å². The minimum absolute atomic E-state index is 0.350. The lowest BCUT2D eigenvalue weighted by Gasteiger charge is -2.24. The first-order chi connectivity index (χ1) is 6.61. The number of hydrogen-bond acceptors (Lipinski definition) is 1. The summed E-state index contributed by atoms with van der Waals surface area (Å²) < 4.78 is 0. The van der Waals surface area contributed by atoms with Crippen molar-refractivity contribution in [3.05, 3.63) is 35.4 Å². The van der Waals surface area contributed by atoms with Crippen LogP contribution in [0.4, 0.5) is 0 Å². The summed E-state index contributed by atoms with van der Waals surface area (Å²) in [5.41, 5.74) is 7.08. The van der Waals surface area contributed by atoms with Gasteiger partial charge in [0.25, 0.3) is 0 Å². The zero-order valence-corrected chi connectivity index (χ0v) is 8.62. The van der Waals surface area contributed by atoms with Gasteiger partial charge >= 0.3 is 0 Å². The highest BCUT2D eigenvalue weighted by Crippen LogP contribution is 2.38. The molecule has 0 bridgehead atoms. The number of hydrogen-bond donors (Lipinski definition) is 2. The quantitative estimate of drug-likeness (QED) is 0.643. The molecule has 0 fully saturated rings. The van der Waals surface area contributed by atoms with E-state index in [4.69, 9.17) is 0 Å². The average Bonchev–Trinajstić information content (AvgIpc) is 2.14. The minimum Gasteiger partial charge on any atom is -0.507 e. The van der Waals surface area contributed by atoms with Gasteiger partial charge in [0.05, 0.1) is 5.56 Å². The molecule has 2 unspecified atom stereocenters. The average molecular weight is 190 g/mol. The molecular weight excluding hydrogens is 174 g/mol. The Balaban J connectivity index is 2.66. The Labute approximate surface area is 84.1 Å². The van der Waals surface area contributed by atoms with Crippen molar-refractivity contribution >= 4 is 5.70 Å². The zero-order chi connectivity index (χ0) is 10.3. The zero-order valence-electron chi connectivity index (χ0n) is 8.62. The van der Waals surface area contributed by atoms with Crippen LogP contribution in [0.25, 0.3) is 5.70 Å². The van der Waals surface area contributed by atoms with E-state index in [0.717, 1.165) is 11.3 Å². The van der Waals surface area contributed by atoms with Crippen LogP contribution >= 0.6 is 0 Å². The monoisotopic (exact) mass is 190 g/mol. The Bertz CT molecular complexity index is 395. The molecule has 0 saturated heterocycles. The second kappa shape index (κ2) is 3.14.